The van der Waals surface area contributed by atoms with Crippen molar-refractivity contribution in [2.75, 3.05) is 25.5 Å². The number of ether oxygens (including phenoxy) is 1. The lowest BCUT2D eigenvalue weighted by molar-refractivity contribution is 0.0996. The van der Waals surface area contributed by atoms with Crippen LogP contribution in [0.5, 0.6) is 5.75 Å². The summed E-state index contributed by atoms with van der Waals surface area (Å²) in [5, 5.41) is 4.19. The molecule has 2 aliphatic rings. The summed E-state index contributed by atoms with van der Waals surface area (Å²) in [6.45, 7) is 2.15. The normalized spacial score (nSPS) is 17.5. The first-order valence-corrected chi connectivity index (χ1v) is 12.4. The summed E-state index contributed by atoms with van der Waals surface area (Å²) >= 11 is 1.76. The number of aryl methyl sites for hydroxylation is 1. The van der Waals surface area contributed by atoms with Crippen molar-refractivity contribution in [1.29, 1.82) is 0 Å². The van der Waals surface area contributed by atoms with Crippen LogP contribution in [0, 0.1) is 0 Å². The standard InChI is InChI=1S/C26H30N2O3S/c1-30-19-13-11-18(12-14-19)24(28-15-5-2-6-16-28)23-20-8-3-4-10-22(20)32-26(23)27-25(29)21-9-7-17-31-21/h7,9,11-14,17,24H,2-6,8,10,15-16H2,1H3,(H,27,29). The Hall–Kier alpha value is -2.57. The first kappa shape index (κ1) is 21.3. The second kappa shape index (κ2) is 9.51. The number of methoxy groups -OCH3 is 1. The molecule has 1 unspecified atom stereocenters. The molecular formula is C26H30N2O3S. The smallest absolute Gasteiger partial charge is 0.291 e. The molecule has 1 atom stereocenters. The highest BCUT2D eigenvalue weighted by molar-refractivity contribution is 7.16. The minimum atomic E-state index is -0.179. The number of likely N-dealkylation sites (tertiary alicyclic amines) is 1. The number of carbonyl (C=O) groups is 1. The maximum atomic E-state index is 12.9. The van der Waals surface area contributed by atoms with Crippen molar-refractivity contribution in [1.82, 2.24) is 4.90 Å². The molecule has 2 aromatic heterocycles. The molecule has 168 valence electrons. The monoisotopic (exact) mass is 450 g/mol. The number of hydrogen-bond acceptors (Lipinski definition) is 5. The van der Waals surface area contributed by atoms with Crippen LogP contribution in [0.3, 0.4) is 0 Å². The van der Waals surface area contributed by atoms with Crippen LogP contribution in [-0.2, 0) is 12.8 Å². The van der Waals surface area contributed by atoms with E-state index in [4.69, 9.17) is 9.15 Å². The molecule has 32 heavy (non-hydrogen) atoms. The van der Waals surface area contributed by atoms with Gasteiger partial charge in [0.15, 0.2) is 5.76 Å². The third-order valence-electron chi connectivity index (χ3n) is 6.65. The summed E-state index contributed by atoms with van der Waals surface area (Å²) in [5.41, 5.74) is 3.99. The minimum absolute atomic E-state index is 0.131. The van der Waals surface area contributed by atoms with Crippen molar-refractivity contribution in [2.45, 2.75) is 51.0 Å². The fourth-order valence-electron chi connectivity index (χ4n) is 5.07. The maximum Gasteiger partial charge on any atom is 0.291 e. The van der Waals surface area contributed by atoms with Gasteiger partial charge in [-0.25, -0.2) is 0 Å². The third kappa shape index (κ3) is 4.21. The van der Waals surface area contributed by atoms with Gasteiger partial charge in [-0.2, -0.15) is 0 Å². The lowest BCUT2D eigenvalue weighted by atomic mass is 9.88. The molecule has 1 aliphatic heterocycles. The minimum Gasteiger partial charge on any atom is -0.497 e. The van der Waals surface area contributed by atoms with E-state index in [1.807, 2.05) is 12.1 Å². The highest BCUT2D eigenvalue weighted by atomic mass is 32.1. The van der Waals surface area contributed by atoms with Crippen LogP contribution in [0.4, 0.5) is 5.00 Å². The van der Waals surface area contributed by atoms with Crippen LogP contribution in [0.2, 0.25) is 0 Å². The number of anilines is 1. The average molecular weight is 451 g/mol. The van der Waals surface area contributed by atoms with Crippen molar-refractivity contribution in [2.24, 2.45) is 0 Å². The first-order chi connectivity index (χ1) is 15.7. The number of hydrogen-bond donors (Lipinski definition) is 1. The fraction of sp³-hybridized carbons (Fsp3) is 0.423. The number of nitrogens with zero attached hydrogens (tertiary/aromatic N) is 1. The quantitative estimate of drug-likeness (QED) is 0.496. The topological polar surface area (TPSA) is 54.7 Å². The van der Waals surface area contributed by atoms with E-state index in [9.17, 15) is 4.79 Å². The lowest BCUT2D eigenvalue weighted by Crippen LogP contribution is -2.35. The Balaban J connectivity index is 1.60. The van der Waals surface area contributed by atoms with E-state index in [-0.39, 0.29) is 11.9 Å². The van der Waals surface area contributed by atoms with Crippen LogP contribution < -0.4 is 10.1 Å². The summed E-state index contributed by atoms with van der Waals surface area (Å²) in [5.74, 6) is 1.04. The number of benzene rings is 1. The molecule has 0 bridgehead atoms. The molecule has 1 N–H and O–H groups in total. The molecule has 5 rings (SSSR count). The van der Waals surface area contributed by atoms with Gasteiger partial charge in [0.05, 0.1) is 19.4 Å². The van der Waals surface area contributed by atoms with Crippen LogP contribution in [0.25, 0.3) is 0 Å². The Morgan fingerprint density at radius 1 is 1.06 bits per heavy atom. The Kier molecular flexibility index (Phi) is 6.32. The summed E-state index contributed by atoms with van der Waals surface area (Å²) in [6, 6.07) is 12.1. The molecule has 3 heterocycles. The van der Waals surface area contributed by atoms with Crippen molar-refractivity contribution in [3.8, 4) is 5.75 Å². The van der Waals surface area contributed by atoms with Crippen molar-refractivity contribution in [3.05, 3.63) is 70.0 Å². The number of rotatable bonds is 6. The molecule has 5 nitrogen and oxygen atoms in total. The fourth-order valence-corrected chi connectivity index (χ4v) is 6.38. The summed E-state index contributed by atoms with van der Waals surface area (Å²) in [7, 11) is 1.70. The van der Waals surface area contributed by atoms with Crippen LogP contribution in [0.15, 0.2) is 47.1 Å². The molecule has 1 amide bonds. The van der Waals surface area contributed by atoms with E-state index in [0.717, 1.165) is 36.7 Å². The van der Waals surface area contributed by atoms with Crippen molar-refractivity contribution < 1.29 is 13.9 Å². The highest BCUT2D eigenvalue weighted by Gasteiger charge is 2.33. The van der Waals surface area contributed by atoms with E-state index in [2.05, 4.69) is 22.3 Å². The summed E-state index contributed by atoms with van der Waals surface area (Å²) in [6.07, 6.45) is 9.86. The van der Waals surface area contributed by atoms with E-state index >= 15 is 0 Å². The van der Waals surface area contributed by atoms with Gasteiger partial charge < -0.3 is 14.5 Å². The number of piperidine rings is 1. The molecule has 6 heteroatoms. The number of nitrogens with one attached hydrogen (secondary N) is 1. The van der Waals surface area contributed by atoms with Crippen molar-refractivity contribution in [3.63, 3.8) is 0 Å². The molecule has 0 radical (unpaired) electrons. The number of amides is 1. The zero-order valence-electron chi connectivity index (χ0n) is 18.6. The molecule has 0 saturated carbocycles. The number of fused-ring (bicyclic) bond motifs is 1. The predicted molar refractivity (Wildman–Crippen MR) is 128 cm³/mol. The van der Waals surface area contributed by atoms with Crippen LogP contribution in [-0.4, -0.2) is 31.0 Å². The zero-order chi connectivity index (χ0) is 21.9. The molecule has 1 aromatic carbocycles. The predicted octanol–water partition coefficient (Wildman–Crippen LogP) is 6.06. The van der Waals surface area contributed by atoms with Crippen LogP contribution >= 0.6 is 11.3 Å². The number of carbonyl (C=O) groups excluding carboxylic acids is 1. The Labute approximate surface area is 193 Å². The van der Waals surface area contributed by atoms with Crippen molar-refractivity contribution >= 4 is 22.2 Å². The van der Waals surface area contributed by atoms with Gasteiger partial charge in [-0.05, 0) is 87.0 Å². The molecule has 3 aromatic rings. The lowest BCUT2D eigenvalue weighted by Gasteiger charge is -2.36. The molecule has 1 fully saturated rings. The van der Waals surface area contributed by atoms with Gasteiger partial charge in [-0.15, -0.1) is 11.3 Å². The Bertz CT molecular complexity index is 1050. The van der Waals surface area contributed by atoms with Gasteiger partial charge in [0.2, 0.25) is 0 Å². The molecule has 0 spiro atoms. The second-order valence-corrected chi connectivity index (χ2v) is 9.76. The van der Waals surface area contributed by atoms with E-state index in [1.165, 1.54) is 53.7 Å². The third-order valence-corrected chi connectivity index (χ3v) is 7.87. The zero-order valence-corrected chi connectivity index (χ0v) is 19.4. The van der Waals surface area contributed by atoms with Crippen LogP contribution in [0.1, 0.15) is 70.3 Å². The largest absolute Gasteiger partial charge is 0.497 e. The Morgan fingerprint density at radius 3 is 2.56 bits per heavy atom. The van der Waals surface area contributed by atoms with Gasteiger partial charge in [0.1, 0.15) is 10.8 Å². The summed E-state index contributed by atoms with van der Waals surface area (Å²) in [4.78, 5) is 17.0. The average Bonchev–Trinajstić information content (AvgIpc) is 3.50. The molecular weight excluding hydrogens is 420 g/mol. The van der Waals surface area contributed by atoms with E-state index in [1.54, 1.807) is 36.8 Å². The number of furan rings is 1. The van der Waals surface area contributed by atoms with Gasteiger partial charge in [-0.3, -0.25) is 9.69 Å². The van der Waals surface area contributed by atoms with Gasteiger partial charge in [-0.1, -0.05) is 18.6 Å². The molecule has 1 saturated heterocycles. The van der Waals surface area contributed by atoms with Gasteiger partial charge >= 0.3 is 0 Å². The SMILES string of the molecule is COc1ccc(C(c2c(NC(=O)c3ccco3)sc3c2CCCC3)N2CCCCC2)cc1. The van der Waals surface area contributed by atoms with E-state index in [0.29, 0.717) is 5.76 Å². The van der Waals surface area contributed by atoms with Gasteiger partial charge in [0.25, 0.3) is 5.91 Å². The first-order valence-electron chi connectivity index (χ1n) is 11.6. The van der Waals surface area contributed by atoms with Gasteiger partial charge in [0, 0.05) is 10.4 Å². The number of thiophene rings is 1. The highest BCUT2D eigenvalue weighted by Crippen LogP contribution is 2.46. The second-order valence-electron chi connectivity index (χ2n) is 8.66. The summed E-state index contributed by atoms with van der Waals surface area (Å²) < 4.78 is 10.8. The van der Waals surface area contributed by atoms with E-state index < -0.39 is 0 Å². The maximum absolute atomic E-state index is 12.9. The Morgan fingerprint density at radius 2 is 1.84 bits per heavy atom. The molecule has 1 aliphatic carbocycles.